The molecular weight excluding hydrogens is 895 g/mol. The lowest BCUT2D eigenvalue weighted by Gasteiger charge is -2.40. The number of halogens is 2. The van der Waals surface area contributed by atoms with Gasteiger partial charge in [-0.3, -0.25) is 48.6 Å². The summed E-state index contributed by atoms with van der Waals surface area (Å²) in [6.45, 7) is 12.8. The standard InChI is InChI=1S/C53H60F2N10O5/c1-31-24-36(25-40(54)49(31)35-13-18-61(19-14-35)33(3)46-27-39-43(10-15-57-50(39)59(46)5)64-30-41(55)42(56-4)28-48(64)67)53(70)63-16-11-34(12-17-63)29-60-20-22-62(23-21-60)37-6-7-44-38(26-37)32(2)52(69)65(44)45-8-9-47(66)58-51(45)68/h6-7,10,13,15,24-28,30,32-34,45,56H,8-9,11-12,14,16-23,29H2,1-5H3,(H,58,66,68)/t32?,33-,45-/m0/s1. The van der Waals surface area contributed by atoms with Crippen LogP contribution < -0.4 is 26.0 Å². The van der Waals surface area contributed by atoms with Gasteiger partial charge in [0.25, 0.3) is 11.5 Å². The largest absolute Gasteiger partial charge is 0.386 e. The van der Waals surface area contributed by atoms with E-state index in [-0.39, 0.29) is 53.2 Å². The Labute approximate surface area is 405 Å². The minimum Gasteiger partial charge on any atom is -0.386 e. The third-order valence-electron chi connectivity index (χ3n) is 15.6. The van der Waals surface area contributed by atoms with Gasteiger partial charge in [-0.15, -0.1) is 0 Å². The van der Waals surface area contributed by atoms with E-state index in [0.717, 1.165) is 84.7 Å². The van der Waals surface area contributed by atoms with Crippen molar-refractivity contribution in [1.29, 1.82) is 0 Å². The summed E-state index contributed by atoms with van der Waals surface area (Å²) in [6.07, 6.45) is 7.82. The molecular formula is C53H60F2N10O5. The first-order valence-corrected chi connectivity index (χ1v) is 24.5. The summed E-state index contributed by atoms with van der Waals surface area (Å²) in [5.41, 5.74) is 7.27. The molecule has 8 heterocycles. The third-order valence-corrected chi connectivity index (χ3v) is 15.6. The summed E-state index contributed by atoms with van der Waals surface area (Å²) in [5.74, 6) is -1.81. The number of nitrogens with zero attached hydrogens (tertiary/aromatic N) is 8. The summed E-state index contributed by atoms with van der Waals surface area (Å²) in [7, 11) is 3.50. The van der Waals surface area contributed by atoms with Gasteiger partial charge in [-0.05, 0) is 112 Å². The molecule has 0 radical (unpaired) electrons. The number of hydrogen-bond donors (Lipinski definition) is 2. The monoisotopic (exact) mass is 954 g/mol. The number of carbonyl (C=O) groups excluding carboxylic acids is 4. The number of anilines is 3. The van der Waals surface area contributed by atoms with Gasteiger partial charge >= 0.3 is 0 Å². The topological polar surface area (TPSA) is 148 Å². The van der Waals surface area contributed by atoms with E-state index in [2.05, 4.69) is 49.4 Å². The molecule has 15 nitrogen and oxygen atoms in total. The van der Waals surface area contributed by atoms with Crippen LogP contribution in [-0.4, -0.2) is 124 Å². The Balaban J connectivity index is 0.722. The van der Waals surface area contributed by atoms with Gasteiger partial charge in [0.15, 0.2) is 5.82 Å². The van der Waals surface area contributed by atoms with Gasteiger partial charge in [0.2, 0.25) is 17.7 Å². The van der Waals surface area contributed by atoms with E-state index in [1.165, 1.54) is 22.9 Å². The van der Waals surface area contributed by atoms with E-state index >= 15 is 4.39 Å². The number of amides is 4. The predicted octanol–water partition coefficient (Wildman–Crippen LogP) is 6.13. The minimum atomic E-state index is -0.678. The van der Waals surface area contributed by atoms with Gasteiger partial charge in [-0.1, -0.05) is 6.08 Å². The Kier molecular flexibility index (Phi) is 12.7. The summed E-state index contributed by atoms with van der Waals surface area (Å²) in [6, 6.07) is 13.5. The van der Waals surface area contributed by atoms with E-state index in [1.807, 2.05) is 54.6 Å². The highest BCUT2D eigenvalue weighted by molar-refractivity contribution is 6.12. The molecule has 5 aliphatic heterocycles. The molecule has 0 saturated carbocycles. The number of piperidine rings is 2. The van der Waals surface area contributed by atoms with Crippen LogP contribution >= 0.6 is 0 Å². The molecule has 3 fully saturated rings. The molecule has 0 bridgehead atoms. The Bertz CT molecular complexity index is 3000. The van der Waals surface area contributed by atoms with Crippen LogP contribution in [0, 0.1) is 24.5 Å². The van der Waals surface area contributed by atoms with E-state index in [4.69, 9.17) is 0 Å². The minimum absolute atomic E-state index is 0.0467. The lowest BCUT2D eigenvalue weighted by Crippen LogP contribution is -2.53. The zero-order valence-electron chi connectivity index (χ0n) is 40.4. The number of carbonyl (C=O) groups is 4. The highest BCUT2D eigenvalue weighted by Gasteiger charge is 2.43. The molecule has 2 aromatic carbocycles. The van der Waals surface area contributed by atoms with Gasteiger partial charge in [-0.25, -0.2) is 13.8 Å². The normalized spacial score (nSPS) is 21.0. The highest BCUT2D eigenvalue weighted by Crippen LogP contribution is 2.42. The second-order valence-corrected chi connectivity index (χ2v) is 19.7. The Hall–Kier alpha value is -6.72. The van der Waals surface area contributed by atoms with Crippen LogP contribution in [0.25, 0.3) is 22.3 Å². The molecule has 4 amide bonds. The summed E-state index contributed by atoms with van der Waals surface area (Å²) in [5, 5.41) is 5.83. The first-order valence-electron chi connectivity index (χ1n) is 24.5. The van der Waals surface area contributed by atoms with Crippen molar-refractivity contribution >= 4 is 57.3 Å². The van der Waals surface area contributed by atoms with Crippen LogP contribution in [-0.2, 0) is 21.4 Å². The molecule has 3 atom stereocenters. The van der Waals surface area contributed by atoms with Crippen molar-refractivity contribution in [3.05, 3.63) is 117 Å². The molecule has 366 valence electrons. The highest BCUT2D eigenvalue weighted by atomic mass is 19.1. The number of piperazine rings is 1. The molecule has 10 rings (SSSR count). The van der Waals surface area contributed by atoms with Crippen LogP contribution in [0.2, 0.25) is 0 Å². The predicted molar refractivity (Wildman–Crippen MR) is 265 cm³/mol. The van der Waals surface area contributed by atoms with Crippen LogP contribution in [0.1, 0.15) is 90.7 Å². The maximum Gasteiger partial charge on any atom is 0.257 e. The van der Waals surface area contributed by atoms with Gasteiger partial charge in [-0.2, -0.15) is 0 Å². The number of benzene rings is 2. The Morgan fingerprint density at radius 2 is 1.67 bits per heavy atom. The molecule has 0 spiro atoms. The average Bonchev–Trinajstić information content (AvgIpc) is 3.83. The second kappa shape index (κ2) is 18.9. The lowest BCUT2D eigenvalue weighted by molar-refractivity contribution is -0.135. The smallest absolute Gasteiger partial charge is 0.257 e. The number of rotatable bonds is 10. The second-order valence-electron chi connectivity index (χ2n) is 19.7. The quantitative estimate of drug-likeness (QED) is 0.157. The number of pyridine rings is 2. The van der Waals surface area contributed by atoms with Crippen molar-refractivity contribution in [1.82, 2.24) is 34.1 Å². The molecule has 2 N–H and O–H groups in total. The van der Waals surface area contributed by atoms with Crippen LogP contribution in [0.3, 0.4) is 0 Å². The maximum absolute atomic E-state index is 16.1. The van der Waals surface area contributed by atoms with E-state index in [9.17, 15) is 28.4 Å². The van der Waals surface area contributed by atoms with Crippen molar-refractivity contribution in [3.8, 4) is 5.69 Å². The van der Waals surface area contributed by atoms with Crippen molar-refractivity contribution in [2.24, 2.45) is 13.0 Å². The van der Waals surface area contributed by atoms with Crippen LogP contribution in [0.5, 0.6) is 0 Å². The van der Waals surface area contributed by atoms with E-state index in [0.29, 0.717) is 67.4 Å². The van der Waals surface area contributed by atoms with Crippen molar-refractivity contribution in [2.45, 2.75) is 70.9 Å². The van der Waals surface area contributed by atoms with E-state index < -0.39 is 17.8 Å². The average molecular weight is 955 g/mol. The fraction of sp³-hybridized carbons (Fsp3) is 0.434. The molecule has 17 heteroatoms. The number of likely N-dealkylation sites (tertiary alicyclic amines) is 1. The molecule has 0 aliphatic carbocycles. The van der Waals surface area contributed by atoms with Gasteiger partial charge in [0.05, 0.1) is 23.5 Å². The third kappa shape index (κ3) is 8.56. The summed E-state index contributed by atoms with van der Waals surface area (Å²) in [4.78, 5) is 79.8. The fourth-order valence-corrected chi connectivity index (χ4v) is 11.5. The fourth-order valence-electron chi connectivity index (χ4n) is 11.5. The van der Waals surface area contributed by atoms with E-state index in [1.54, 1.807) is 24.2 Å². The zero-order valence-corrected chi connectivity index (χ0v) is 40.4. The number of aromatic nitrogens is 3. The number of hydrogen-bond acceptors (Lipinski definition) is 10. The summed E-state index contributed by atoms with van der Waals surface area (Å²) < 4.78 is 34.2. The zero-order chi connectivity index (χ0) is 49.1. The molecule has 1 unspecified atom stereocenters. The lowest BCUT2D eigenvalue weighted by atomic mass is 9.92. The molecule has 5 aromatic rings. The van der Waals surface area contributed by atoms with Crippen LogP contribution in [0.15, 0.2) is 71.8 Å². The van der Waals surface area contributed by atoms with Gasteiger partial charge < -0.3 is 19.7 Å². The maximum atomic E-state index is 16.1. The molecule has 3 aromatic heterocycles. The number of imide groups is 1. The van der Waals surface area contributed by atoms with Crippen molar-refractivity contribution in [3.63, 3.8) is 0 Å². The van der Waals surface area contributed by atoms with Crippen LogP contribution in [0.4, 0.5) is 25.8 Å². The number of nitrogens with one attached hydrogen (secondary N) is 2. The van der Waals surface area contributed by atoms with Gasteiger partial charge in [0, 0.05) is 131 Å². The molecule has 5 aliphatic rings. The summed E-state index contributed by atoms with van der Waals surface area (Å²) >= 11 is 0. The van der Waals surface area contributed by atoms with Crippen molar-refractivity contribution in [2.75, 3.05) is 81.1 Å². The first kappa shape index (κ1) is 47.0. The van der Waals surface area contributed by atoms with Gasteiger partial charge in [0.1, 0.15) is 17.5 Å². The first-order chi connectivity index (χ1) is 33.7. The number of fused-ring (bicyclic) bond motifs is 2. The Morgan fingerprint density at radius 3 is 2.37 bits per heavy atom. The number of aryl methyl sites for hydroxylation is 2. The molecule has 70 heavy (non-hydrogen) atoms. The Morgan fingerprint density at radius 1 is 0.900 bits per heavy atom. The molecule has 3 saturated heterocycles. The van der Waals surface area contributed by atoms with Crippen molar-refractivity contribution < 1.29 is 28.0 Å². The SMILES string of the molecule is CNc1cc(=O)n(-c2ccnc3c2cc([C@H](C)N2CC=C(c4c(C)cc(C(=O)N5CCC(CN6CCN(c7ccc8c(c7)C(C)C(=O)N8[C@H]7CCC(=O)NC7=O)CC6)CC5)cc4F)CC2)n3C)cc1F.